The molecule has 2 saturated carbocycles. The normalized spacial score (nSPS) is 31.5. The third kappa shape index (κ3) is 3.20. The number of rotatable bonds is 3. The molecule has 4 aliphatic rings. The molecule has 4 heterocycles. The molecular formula is C32H34N4O2. The first-order valence-electron chi connectivity index (χ1n) is 14.3. The molecule has 2 aromatic heterocycles. The van der Waals surface area contributed by atoms with Crippen molar-refractivity contribution >= 4 is 0 Å². The first kappa shape index (κ1) is 22.7. The van der Waals surface area contributed by atoms with Crippen LogP contribution in [0.1, 0.15) is 79.6 Å². The van der Waals surface area contributed by atoms with Gasteiger partial charge < -0.3 is 19.3 Å². The first-order valence-corrected chi connectivity index (χ1v) is 14.3. The number of imidazole rings is 2. The summed E-state index contributed by atoms with van der Waals surface area (Å²) in [4.78, 5) is 8.98. The summed E-state index contributed by atoms with van der Waals surface area (Å²) in [5, 5.41) is 22.6. The van der Waals surface area contributed by atoms with Gasteiger partial charge in [0.25, 0.3) is 0 Å². The molecule has 0 spiro atoms. The average Bonchev–Trinajstić information content (AvgIpc) is 3.71. The van der Waals surface area contributed by atoms with Crippen molar-refractivity contribution in [3.63, 3.8) is 0 Å². The second-order valence-corrected chi connectivity index (χ2v) is 11.9. The highest BCUT2D eigenvalue weighted by molar-refractivity contribution is 5.74. The standard InChI is InChI=1S/C32H34N4O2/c37-28-11-4-3-8-23(28)32-25-10-5-9-20(30(25)27-16-34-18-36(27)32)19-12-13-24(29(38)14-19)31-22-7-2-1-6-21(22)26-15-33-17-35(26)31/h1-2,5-7,9-10,15-19,23-24,28-29,31-32,37-38H,3-4,8,11-14H2/t19?,23-,24-,28-,29+,31+,32-/m1/s1. The van der Waals surface area contributed by atoms with Gasteiger partial charge in [-0.2, -0.15) is 0 Å². The van der Waals surface area contributed by atoms with Crippen LogP contribution in [0.2, 0.25) is 0 Å². The highest BCUT2D eigenvalue weighted by atomic mass is 16.3. The molecule has 7 atom stereocenters. The Kier molecular flexibility index (Phi) is 5.18. The van der Waals surface area contributed by atoms with E-state index in [-0.39, 0.29) is 30.0 Å². The van der Waals surface area contributed by atoms with E-state index >= 15 is 0 Å². The number of hydrogen-bond acceptors (Lipinski definition) is 4. The largest absolute Gasteiger partial charge is 0.393 e. The van der Waals surface area contributed by atoms with Crippen LogP contribution in [-0.4, -0.2) is 41.5 Å². The van der Waals surface area contributed by atoms with Crippen LogP contribution in [0.4, 0.5) is 0 Å². The van der Waals surface area contributed by atoms with Crippen molar-refractivity contribution in [3.8, 4) is 22.5 Å². The van der Waals surface area contributed by atoms with Crippen LogP contribution in [0.25, 0.3) is 22.5 Å². The summed E-state index contributed by atoms with van der Waals surface area (Å²) in [6.45, 7) is 0. The van der Waals surface area contributed by atoms with Crippen LogP contribution in [0.5, 0.6) is 0 Å². The molecule has 0 radical (unpaired) electrons. The highest BCUT2D eigenvalue weighted by Crippen LogP contribution is 2.53. The molecule has 6 heteroatoms. The lowest BCUT2D eigenvalue weighted by molar-refractivity contribution is 0.0418. The molecule has 8 rings (SSSR count). The van der Waals surface area contributed by atoms with E-state index in [1.807, 2.05) is 25.0 Å². The van der Waals surface area contributed by atoms with Gasteiger partial charge >= 0.3 is 0 Å². The van der Waals surface area contributed by atoms with Crippen LogP contribution >= 0.6 is 0 Å². The molecule has 0 amide bonds. The zero-order valence-corrected chi connectivity index (χ0v) is 21.5. The SMILES string of the molecule is O[C@@H]1CCCC[C@H]1[C@@H]1c2cccc(C3CC[C@@H]([C@@H]4c5ccccc5-c5cncn54)[C@@H](O)C3)c2-c2cncn21. The summed E-state index contributed by atoms with van der Waals surface area (Å²) in [6.07, 6.45) is 14.2. The second-order valence-electron chi connectivity index (χ2n) is 11.9. The topological polar surface area (TPSA) is 76.1 Å². The van der Waals surface area contributed by atoms with Crippen molar-refractivity contribution in [3.05, 3.63) is 84.2 Å². The van der Waals surface area contributed by atoms with E-state index in [9.17, 15) is 10.2 Å². The minimum absolute atomic E-state index is 0.139. The molecule has 4 aromatic rings. The first-order chi connectivity index (χ1) is 18.7. The fourth-order valence-corrected chi connectivity index (χ4v) is 8.42. The minimum atomic E-state index is -0.390. The Morgan fingerprint density at radius 2 is 1.34 bits per heavy atom. The molecule has 0 saturated heterocycles. The zero-order chi connectivity index (χ0) is 25.4. The molecule has 2 aliphatic carbocycles. The molecule has 194 valence electrons. The fraction of sp³-hybridized carbons (Fsp3) is 0.438. The van der Waals surface area contributed by atoms with Crippen LogP contribution in [-0.2, 0) is 0 Å². The van der Waals surface area contributed by atoms with Crippen LogP contribution < -0.4 is 0 Å². The molecule has 2 N–H and O–H groups in total. The minimum Gasteiger partial charge on any atom is -0.393 e. The maximum Gasteiger partial charge on any atom is 0.0956 e. The summed E-state index contributed by atoms with van der Waals surface area (Å²) in [7, 11) is 0. The van der Waals surface area contributed by atoms with Gasteiger partial charge in [0.05, 0.1) is 60.7 Å². The van der Waals surface area contributed by atoms with Crippen molar-refractivity contribution in [1.29, 1.82) is 0 Å². The Hall–Kier alpha value is -3.22. The quantitative estimate of drug-likeness (QED) is 0.373. The molecule has 2 aromatic carbocycles. The summed E-state index contributed by atoms with van der Waals surface area (Å²) in [5.41, 5.74) is 8.85. The summed E-state index contributed by atoms with van der Waals surface area (Å²) in [5.74, 6) is 0.685. The molecular weight excluding hydrogens is 472 g/mol. The number of aliphatic hydroxyl groups excluding tert-OH is 2. The molecule has 0 bridgehead atoms. The van der Waals surface area contributed by atoms with Crippen molar-refractivity contribution in [2.75, 3.05) is 0 Å². The van der Waals surface area contributed by atoms with Crippen molar-refractivity contribution in [1.82, 2.24) is 19.1 Å². The number of aromatic nitrogens is 4. The van der Waals surface area contributed by atoms with E-state index in [2.05, 4.69) is 61.6 Å². The van der Waals surface area contributed by atoms with Gasteiger partial charge in [-0.05, 0) is 54.7 Å². The maximum atomic E-state index is 11.7. The predicted molar refractivity (Wildman–Crippen MR) is 146 cm³/mol. The van der Waals surface area contributed by atoms with Crippen molar-refractivity contribution in [2.45, 2.75) is 75.2 Å². The highest BCUT2D eigenvalue weighted by Gasteiger charge is 2.44. The number of hydrogen-bond donors (Lipinski definition) is 2. The van der Waals surface area contributed by atoms with E-state index < -0.39 is 6.10 Å². The Morgan fingerprint density at radius 3 is 2.18 bits per heavy atom. The maximum absolute atomic E-state index is 11.7. The number of nitrogens with zero attached hydrogens (tertiary/aromatic N) is 4. The van der Waals surface area contributed by atoms with Crippen LogP contribution in [0.3, 0.4) is 0 Å². The van der Waals surface area contributed by atoms with Gasteiger partial charge in [-0.3, -0.25) is 0 Å². The Bertz CT molecular complexity index is 1500. The Balaban J connectivity index is 1.12. The lowest BCUT2D eigenvalue weighted by atomic mass is 9.71. The number of benzene rings is 2. The number of fused-ring (bicyclic) bond motifs is 6. The third-order valence-electron chi connectivity index (χ3n) is 10.1. The van der Waals surface area contributed by atoms with Crippen LogP contribution in [0.15, 0.2) is 67.5 Å². The molecule has 1 unspecified atom stereocenters. The Labute approximate surface area is 223 Å². The monoisotopic (exact) mass is 506 g/mol. The average molecular weight is 507 g/mol. The summed E-state index contributed by atoms with van der Waals surface area (Å²) >= 11 is 0. The van der Waals surface area contributed by atoms with Crippen molar-refractivity contribution < 1.29 is 10.2 Å². The fourth-order valence-electron chi connectivity index (χ4n) is 8.42. The summed E-state index contributed by atoms with van der Waals surface area (Å²) < 4.78 is 4.59. The Morgan fingerprint density at radius 1 is 0.658 bits per heavy atom. The molecule has 2 aliphatic heterocycles. The van der Waals surface area contributed by atoms with E-state index in [0.717, 1.165) is 44.2 Å². The van der Waals surface area contributed by atoms with Crippen molar-refractivity contribution in [2.24, 2.45) is 11.8 Å². The molecule has 38 heavy (non-hydrogen) atoms. The molecule has 2 fully saturated rings. The van der Waals surface area contributed by atoms with E-state index in [1.165, 1.54) is 39.9 Å². The van der Waals surface area contributed by atoms with Gasteiger partial charge in [0.15, 0.2) is 0 Å². The summed E-state index contributed by atoms with van der Waals surface area (Å²) in [6, 6.07) is 15.6. The predicted octanol–water partition coefficient (Wildman–Crippen LogP) is 5.72. The zero-order valence-electron chi connectivity index (χ0n) is 21.5. The third-order valence-corrected chi connectivity index (χ3v) is 10.1. The van der Waals surface area contributed by atoms with E-state index in [4.69, 9.17) is 0 Å². The van der Waals surface area contributed by atoms with Gasteiger partial charge in [-0.25, -0.2) is 9.97 Å². The van der Waals surface area contributed by atoms with Gasteiger partial charge in [0, 0.05) is 23.0 Å². The van der Waals surface area contributed by atoms with Gasteiger partial charge in [0.1, 0.15) is 0 Å². The second kappa shape index (κ2) is 8.65. The van der Waals surface area contributed by atoms with Gasteiger partial charge in [-0.15, -0.1) is 0 Å². The van der Waals surface area contributed by atoms with E-state index in [1.54, 1.807) is 0 Å². The van der Waals surface area contributed by atoms with Gasteiger partial charge in [0.2, 0.25) is 0 Å². The lowest BCUT2D eigenvalue weighted by Gasteiger charge is -2.38. The van der Waals surface area contributed by atoms with Crippen LogP contribution in [0, 0.1) is 11.8 Å². The van der Waals surface area contributed by atoms with E-state index in [0.29, 0.717) is 5.92 Å². The molecule has 6 nitrogen and oxygen atoms in total. The number of aliphatic hydroxyl groups is 2. The lowest BCUT2D eigenvalue weighted by Crippen LogP contribution is -2.34. The van der Waals surface area contributed by atoms with Gasteiger partial charge in [-0.1, -0.05) is 55.3 Å². The smallest absolute Gasteiger partial charge is 0.0956 e.